The molecule has 2 aromatic carbocycles. The van der Waals surface area contributed by atoms with Gasteiger partial charge in [-0.15, -0.1) is 0 Å². The van der Waals surface area contributed by atoms with Crippen LogP contribution in [0.1, 0.15) is 23.3 Å². The van der Waals surface area contributed by atoms with E-state index in [0.29, 0.717) is 19.7 Å². The van der Waals surface area contributed by atoms with Gasteiger partial charge >= 0.3 is 0 Å². The molecule has 0 radical (unpaired) electrons. The van der Waals surface area contributed by atoms with Gasteiger partial charge in [0.15, 0.2) is 0 Å². The second-order valence-corrected chi connectivity index (χ2v) is 5.82. The number of hydrogen-bond acceptors (Lipinski definition) is 3. The van der Waals surface area contributed by atoms with Crippen molar-refractivity contribution in [3.63, 3.8) is 0 Å². The third-order valence-electron chi connectivity index (χ3n) is 4.16. The summed E-state index contributed by atoms with van der Waals surface area (Å²) in [6.45, 7) is 1.52. The smallest absolute Gasteiger partial charge is 0.131 e. The van der Waals surface area contributed by atoms with E-state index in [1.54, 1.807) is 12.1 Å². The number of β-amino-alcohol motifs (C(OH)–C–C–N with tert-alkyl or cyclic N) is 1. The van der Waals surface area contributed by atoms with Crippen molar-refractivity contribution in [3.8, 4) is 0 Å². The van der Waals surface area contributed by atoms with Crippen LogP contribution < -0.4 is 0 Å². The van der Waals surface area contributed by atoms with Crippen molar-refractivity contribution in [2.45, 2.75) is 12.2 Å². The highest BCUT2D eigenvalue weighted by Crippen LogP contribution is 2.26. The van der Waals surface area contributed by atoms with Crippen molar-refractivity contribution < 1.29 is 23.0 Å². The lowest BCUT2D eigenvalue weighted by Gasteiger charge is -2.34. The first kappa shape index (κ1) is 17.0. The maximum atomic E-state index is 13.8. The number of morpholine rings is 1. The Morgan fingerprint density at radius 3 is 2.42 bits per heavy atom. The van der Waals surface area contributed by atoms with E-state index in [2.05, 4.69) is 0 Å². The fourth-order valence-corrected chi connectivity index (χ4v) is 2.91. The number of nitrogens with zero attached hydrogens (tertiary/aromatic N) is 1. The Morgan fingerprint density at radius 1 is 1.08 bits per heavy atom. The van der Waals surface area contributed by atoms with Crippen LogP contribution in [0.4, 0.5) is 13.2 Å². The first-order chi connectivity index (χ1) is 11.5. The molecule has 0 spiro atoms. The maximum absolute atomic E-state index is 13.8. The first-order valence-corrected chi connectivity index (χ1v) is 7.76. The van der Waals surface area contributed by atoms with Crippen LogP contribution in [-0.2, 0) is 4.74 Å². The summed E-state index contributed by atoms with van der Waals surface area (Å²) in [5, 5.41) is 10.2. The van der Waals surface area contributed by atoms with Gasteiger partial charge in [-0.25, -0.2) is 13.2 Å². The molecule has 2 atom stereocenters. The summed E-state index contributed by atoms with van der Waals surface area (Å²) in [4.78, 5) is 1.88. The molecule has 1 heterocycles. The van der Waals surface area contributed by atoms with Gasteiger partial charge in [-0.05, 0) is 29.8 Å². The third kappa shape index (κ3) is 3.77. The molecule has 0 aliphatic carbocycles. The van der Waals surface area contributed by atoms with Crippen molar-refractivity contribution in [1.29, 1.82) is 0 Å². The number of halogens is 3. The van der Waals surface area contributed by atoms with Gasteiger partial charge in [-0.2, -0.15) is 0 Å². The van der Waals surface area contributed by atoms with Crippen LogP contribution in [0.25, 0.3) is 0 Å². The molecule has 0 saturated carbocycles. The Bertz CT molecular complexity index is 673. The molecule has 0 amide bonds. The van der Waals surface area contributed by atoms with Crippen LogP contribution >= 0.6 is 0 Å². The zero-order chi connectivity index (χ0) is 17.1. The third-order valence-corrected chi connectivity index (χ3v) is 4.16. The number of aliphatic hydroxyl groups is 1. The van der Waals surface area contributed by atoms with Crippen LogP contribution in [0.15, 0.2) is 42.5 Å². The molecule has 1 fully saturated rings. The zero-order valence-corrected chi connectivity index (χ0v) is 13.0. The normalized spacial score (nSPS) is 20.1. The van der Waals surface area contributed by atoms with Crippen molar-refractivity contribution in [2.24, 2.45) is 0 Å². The highest BCUT2D eigenvalue weighted by atomic mass is 19.1. The quantitative estimate of drug-likeness (QED) is 0.930. The van der Waals surface area contributed by atoms with E-state index in [0.717, 1.165) is 17.7 Å². The Balaban J connectivity index is 1.68. The van der Waals surface area contributed by atoms with Gasteiger partial charge in [-0.3, -0.25) is 4.90 Å². The van der Waals surface area contributed by atoms with E-state index < -0.39 is 17.7 Å². The summed E-state index contributed by atoms with van der Waals surface area (Å²) in [5.41, 5.74) is 0.509. The minimum absolute atomic E-state index is 0.0961. The van der Waals surface area contributed by atoms with Crippen molar-refractivity contribution in [1.82, 2.24) is 4.90 Å². The lowest BCUT2D eigenvalue weighted by Crippen LogP contribution is -2.40. The molecule has 1 saturated heterocycles. The van der Waals surface area contributed by atoms with Gasteiger partial charge in [0.2, 0.25) is 0 Å². The Morgan fingerprint density at radius 2 is 1.75 bits per heavy atom. The molecule has 1 aliphatic heterocycles. The highest BCUT2D eigenvalue weighted by molar-refractivity contribution is 5.23. The van der Waals surface area contributed by atoms with E-state index >= 15 is 0 Å². The molecule has 24 heavy (non-hydrogen) atoms. The van der Waals surface area contributed by atoms with Crippen LogP contribution in [-0.4, -0.2) is 36.2 Å². The van der Waals surface area contributed by atoms with Gasteiger partial charge in [-0.1, -0.05) is 18.2 Å². The Labute approximate surface area is 138 Å². The molecule has 3 rings (SSSR count). The molecular weight excluding hydrogens is 319 g/mol. The topological polar surface area (TPSA) is 32.7 Å². The summed E-state index contributed by atoms with van der Waals surface area (Å²) in [6, 6.07) is 9.54. The van der Waals surface area contributed by atoms with Gasteiger partial charge in [0.1, 0.15) is 17.5 Å². The van der Waals surface area contributed by atoms with Crippen molar-refractivity contribution in [2.75, 3.05) is 26.2 Å². The molecule has 128 valence electrons. The molecular formula is C18H18F3NO2. The number of ether oxygens (including phenoxy) is 1. The monoisotopic (exact) mass is 337 g/mol. The largest absolute Gasteiger partial charge is 0.387 e. The van der Waals surface area contributed by atoms with E-state index in [1.807, 2.05) is 4.90 Å². The fraction of sp³-hybridized carbons (Fsp3) is 0.333. The minimum atomic E-state index is -1.27. The highest BCUT2D eigenvalue weighted by Gasteiger charge is 2.26. The Kier molecular flexibility index (Phi) is 5.18. The molecule has 6 heteroatoms. The molecule has 0 aromatic heterocycles. The Hall–Kier alpha value is -1.89. The average molecular weight is 337 g/mol. The van der Waals surface area contributed by atoms with Crippen LogP contribution in [0.3, 0.4) is 0 Å². The lowest BCUT2D eigenvalue weighted by molar-refractivity contribution is -0.0429. The molecule has 2 aromatic rings. The number of hydrogen-bond donors (Lipinski definition) is 1. The average Bonchev–Trinajstić information content (AvgIpc) is 2.55. The molecule has 1 N–H and O–H groups in total. The van der Waals surface area contributed by atoms with E-state index in [1.165, 1.54) is 18.2 Å². The summed E-state index contributed by atoms with van der Waals surface area (Å²) in [6.07, 6.45) is -1.53. The second-order valence-electron chi connectivity index (χ2n) is 5.82. The second kappa shape index (κ2) is 7.34. The predicted octanol–water partition coefficient (Wildman–Crippen LogP) is 3.21. The van der Waals surface area contributed by atoms with E-state index in [4.69, 9.17) is 4.74 Å². The van der Waals surface area contributed by atoms with Gasteiger partial charge in [0, 0.05) is 19.6 Å². The van der Waals surface area contributed by atoms with Crippen molar-refractivity contribution in [3.05, 3.63) is 71.0 Å². The lowest BCUT2D eigenvalue weighted by atomic mass is 10.1. The molecule has 0 bridgehead atoms. The summed E-state index contributed by atoms with van der Waals surface area (Å²) in [7, 11) is 0. The van der Waals surface area contributed by atoms with Gasteiger partial charge < -0.3 is 9.84 Å². The standard InChI is InChI=1S/C18H18F3NO2/c19-13-6-4-12(5-7-13)17-11-22(8-9-24-17)10-16(23)18-14(20)2-1-3-15(18)21/h1-7,16-17,23H,8-11H2. The summed E-state index contributed by atoms with van der Waals surface area (Å²) in [5.74, 6) is -1.84. The number of rotatable bonds is 4. The predicted molar refractivity (Wildman–Crippen MR) is 82.9 cm³/mol. The van der Waals surface area contributed by atoms with Crippen molar-refractivity contribution >= 4 is 0 Å². The fourth-order valence-electron chi connectivity index (χ4n) is 2.91. The molecule has 3 nitrogen and oxygen atoms in total. The van der Waals surface area contributed by atoms with Crippen LogP contribution in [0, 0.1) is 17.5 Å². The molecule has 2 unspecified atom stereocenters. The summed E-state index contributed by atoms with van der Waals surface area (Å²) < 4.78 is 46.2. The maximum Gasteiger partial charge on any atom is 0.131 e. The SMILES string of the molecule is OC(CN1CCOC(c2ccc(F)cc2)C1)c1c(F)cccc1F. The van der Waals surface area contributed by atoms with E-state index in [9.17, 15) is 18.3 Å². The van der Waals surface area contributed by atoms with Crippen LogP contribution in [0.2, 0.25) is 0 Å². The molecule has 1 aliphatic rings. The zero-order valence-electron chi connectivity index (χ0n) is 13.0. The number of benzene rings is 2. The van der Waals surface area contributed by atoms with E-state index in [-0.39, 0.29) is 24.0 Å². The van der Waals surface area contributed by atoms with Gasteiger partial charge in [0.25, 0.3) is 0 Å². The summed E-state index contributed by atoms with van der Waals surface area (Å²) >= 11 is 0. The van der Waals surface area contributed by atoms with Gasteiger partial charge in [0.05, 0.1) is 24.4 Å². The minimum Gasteiger partial charge on any atom is -0.387 e. The van der Waals surface area contributed by atoms with Crippen LogP contribution in [0.5, 0.6) is 0 Å². The first-order valence-electron chi connectivity index (χ1n) is 7.76. The number of aliphatic hydroxyl groups excluding tert-OH is 1.